The topological polar surface area (TPSA) is 12.0 Å². The molecule has 1 heteroatoms. The van der Waals surface area contributed by atoms with Gasteiger partial charge in [0.05, 0.1) is 0 Å². The first-order valence-corrected chi connectivity index (χ1v) is 3.76. The third kappa shape index (κ3) is 8.80. The molecule has 1 nitrogen and oxygen atoms in total. The molecule has 60 valence electrons. The zero-order chi connectivity index (χ0) is 8.36. The second kappa shape index (κ2) is 8.80. The number of nitrogens with one attached hydrogen (secondary N) is 1. The molecule has 0 rings (SSSR count). The van der Waals surface area contributed by atoms with Crippen LogP contribution in [0.2, 0.25) is 0 Å². The maximum atomic E-state index is 3.53. The van der Waals surface area contributed by atoms with Gasteiger partial charge in [0, 0.05) is 6.54 Å². The van der Waals surface area contributed by atoms with Crippen LogP contribution >= 0.6 is 0 Å². The van der Waals surface area contributed by atoms with Crippen molar-refractivity contribution in [2.45, 2.75) is 13.3 Å². The first kappa shape index (κ1) is 9.80. The van der Waals surface area contributed by atoms with Crippen molar-refractivity contribution in [1.29, 1.82) is 0 Å². The van der Waals surface area contributed by atoms with Crippen LogP contribution in [0.15, 0.2) is 42.8 Å². The van der Waals surface area contributed by atoms with Gasteiger partial charge in [0.2, 0.25) is 0 Å². The van der Waals surface area contributed by atoms with Gasteiger partial charge in [-0.15, -0.1) is 5.73 Å². The van der Waals surface area contributed by atoms with Gasteiger partial charge < -0.3 is 5.32 Å². The molecular formula is C10H15N. The molecule has 0 aromatic rings. The van der Waals surface area contributed by atoms with Crippen LogP contribution in [0.25, 0.3) is 0 Å². The number of rotatable bonds is 5. The van der Waals surface area contributed by atoms with Crippen molar-refractivity contribution < 1.29 is 0 Å². The van der Waals surface area contributed by atoms with Gasteiger partial charge in [-0.3, -0.25) is 0 Å². The minimum atomic E-state index is 0.801. The van der Waals surface area contributed by atoms with Crippen molar-refractivity contribution in [3.05, 3.63) is 42.8 Å². The monoisotopic (exact) mass is 149 g/mol. The Morgan fingerprint density at radius 3 is 2.91 bits per heavy atom. The van der Waals surface area contributed by atoms with E-state index in [-0.39, 0.29) is 0 Å². The lowest BCUT2D eigenvalue weighted by atomic mass is 10.3. The molecule has 0 aliphatic rings. The molecule has 0 atom stereocenters. The smallest absolute Gasteiger partial charge is 0.0399 e. The van der Waals surface area contributed by atoms with Gasteiger partial charge in [0.1, 0.15) is 0 Å². The Morgan fingerprint density at radius 1 is 1.45 bits per heavy atom. The second-order valence-corrected chi connectivity index (χ2v) is 1.99. The number of allylic oxidation sites excluding steroid dienone is 2. The van der Waals surface area contributed by atoms with E-state index in [0.29, 0.717) is 0 Å². The standard InChI is InChI=1S/C10H15N/c1-3-5-6-7-8-9-10-11-4-2/h3-5,7,9,11H,2,6,10H2,1H3/b5-3-. The maximum Gasteiger partial charge on any atom is 0.0399 e. The Kier molecular flexibility index (Phi) is 7.84. The molecule has 0 saturated carbocycles. The highest BCUT2D eigenvalue weighted by atomic mass is 14.8. The minimum Gasteiger partial charge on any atom is -0.387 e. The average molecular weight is 149 g/mol. The summed E-state index contributed by atoms with van der Waals surface area (Å²) in [6.45, 7) is 6.34. The van der Waals surface area contributed by atoms with Crippen molar-refractivity contribution in [1.82, 2.24) is 5.32 Å². The summed E-state index contributed by atoms with van der Waals surface area (Å²) in [5.74, 6) is 0. The number of hydrogen-bond donors (Lipinski definition) is 1. The fourth-order valence-electron chi connectivity index (χ4n) is 0.557. The molecule has 0 bridgehead atoms. The molecule has 0 aromatic carbocycles. The van der Waals surface area contributed by atoms with Gasteiger partial charge in [-0.25, -0.2) is 0 Å². The third-order valence-electron chi connectivity index (χ3n) is 1.09. The summed E-state index contributed by atoms with van der Waals surface area (Å²) in [4.78, 5) is 0. The molecule has 0 heterocycles. The van der Waals surface area contributed by atoms with E-state index < -0.39 is 0 Å². The maximum absolute atomic E-state index is 3.53. The number of hydrogen-bond acceptors (Lipinski definition) is 1. The van der Waals surface area contributed by atoms with Crippen LogP contribution in [0.5, 0.6) is 0 Å². The lowest BCUT2D eigenvalue weighted by molar-refractivity contribution is 0.990. The Hall–Kier alpha value is -1.20. The summed E-state index contributed by atoms with van der Waals surface area (Å²) in [5, 5.41) is 2.95. The van der Waals surface area contributed by atoms with Crippen molar-refractivity contribution in [3.63, 3.8) is 0 Å². The molecule has 0 unspecified atom stereocenters. The Bertz CT molecular complexity index is 171. The van der Waals surface area contributed by atoms with Gasteiger partial charge in [-0.2, -0.15) is 0 Å². The molecule has 0 aliphatic carbocycles. The summed E-state index contributed by atoms with van der Waals surface area (Å²) in [6, 6.07) is 0. The summed E-state index contributed by atoms with van der Waals surface area (Å²) >= 11 is 0. The third-order valence-corrected chi connectivity index (χ3v) is 1.09. The molecule has 11 heavy (non-hydrogen) atoms. The summed E-state index contributed by atoms with van der Waals surface area (Å²) < 4.78 is 0. The van der Waals surface area contributed by atoms with Crippen molar-refractivity contribution in [2.75, 3.05) is 6.54 Å². The lowest BCUT2D eigenvalue weighted by Crippen LogP contribution is -2.01. The summed E-state index contributed by atoms with van der Waals surface area (Å²) in [7, 11) is 0. The predicted octanol–water partition coefficient (Wildman–Crippen LogP) is 2.40. The largest absolute Gasteiger partial charge is 0.387 e. The Labute approximate surface area is 68.8 Å². The van der Waals surface area contributed by atoms with E-state index in [4.69, 9.17) is 0 Å². The van der Waals surface area contributed by atoms with Gasteiger partial charge in [0.15, 0.2) is 0 Å². The first-order chi connectivity index (χ1) is 5.41. The van der Waals surface area contributed by atoms with Gasteiger partial charge in [0.25, 0.3) is 0 Å². The normalized spacial score (nSPS) is 8.82. The van der Waals surface area contributed by atoms with Crippen LogP contribution in [0.3, 0.4) is 0 Å². The van der Waals surface area contributed by atoms with E-state index in [9.17, 15) is 0 Å². The Balaban J connectivity index is 3.38. The first-order valence-electron chi connectivity index (χ1n) is 3.76. The minimum absolute atomic E-state index is 0.801. The van der Waals surface area contributed by atoms with Gasteiger partial charge in [-0.1, -0.05) is 18.7 Å². The van der Waals surface area contributed by atoms with Crippen molar-refractivity contribution in [3.8, 4) is 0 Å². The molecular weight excluding hydrogens is 134 g/mol. The van der Waals surface area contributed by atoms with Crippen molar-refractivity contribution >= 4 is 0 Å². The molecule has 1 N–H and O–H groups in total. The molecule has 0 amide bonds. The van der Waals surface area contributed by atoms with Crippen molar-refractivity contribution in [2.24, 2.45) is 0 Å². The quantitative estimate of drug-likeness (QED) is 0.359. The molecule has 0 aromatic heterocycles. The van der Waals surface area contributed by atoms with E-state index >= 15 is 0 Å². The molecule has 0 spiro atoms. The summed E-state index contributed by atoms with van der Waals surface area (Å²) in [6.07, 6.45) is 10.7. The fraction of sp³-hybridized carbons (Fsp3) is 0.300. The predicted molar refractivity (Wildman–Crippen MR) is 50.3 cm³/mol. The van der Waals surface area contributed by atoms with Crippen LogP contribution in [-0.4, -0.2) is 6.54 Å². The highest BCUT2D eigenvalue weighted by Crippen LogP contribution is 1.82. The van der Waals surface area contributed by atoms with Crippen LogP contribution < -0.4 is 5.32 Å². The second-order valence-electron chi connectivity index (χ2n) is 1.99. The highest BCUT2D eigenvalue weighted by Gasteiger charge is 1.67. The van der Waals surface area contributed by atoms with Gasteiger partial charge in [-0.05, 0) is 31.7 Å². The average Bonchev–Trinajstić information content (AvgIpc) is 2.03. The molecule has 0 fully saturated rings. The Morgan fingerprint density at radius 2 is 2.27 bits per heavy atom. The van der Waals surface area contributed by atoms with Crippen LogP contribution in [-0.2, 0) is 0 Å². The zero-order valence-electron chi connectivity index (χ0n) is 7.01. The van der Waals surface area contributed by atoms with E-state index in [1.807, 2.05) is 25.2 Å². The molecule has 0 aliphatic heterocycles. The van der Waals surface area contributed by atoms with Crippen LogP contribution in [0.4, 0.5) is 0 Å². The SMILES string of the molecule is C=CNCC=C=CC/C=C\C. The van der Waals surface area contributed by atoms with Crippen LogP contribution in [0, 0.1) is 0 Å². The van der Waals surface area contributed by atoms with E-state index in [0.717, 1.165) is 13.0 Å². The molecule has 0 radical (unpaired) electrons. The lowest BCUT2D eigenvalue weighted by Gasteiger charge is -1.86. The van der Waals surface area contributed by atoms with E-state index in [2.05, 4.69) is 23.7 Å². The zero-order valence-corrected chi connectivity index (χ0v) is 7.01. The molecule has 0 saturated heterocycles. The highest BCUT2D eigenvalue weighted by molar-refractivity contribution is 4.93. The fourth-order valence-corrected chi connectivity index (χ4v) is 0.557. The van der Waals surface area contributed by atoms with E-state index in [1.165, 1.54) is 0 Å². The van der Waals surface area contributed by atoms with E-state index in [1.54, 1.807) is 6.20 Å². The summed E-state index contributed by atoms with van der Waals surface area (Å²) in [5.41, 5.74) is 3.04. The van der Waals surface area contributed by atoms with Gasteiger partial charge >= 0.3 is 0 Å². The van der Waals surface area contributed by atoms with Crippen LogP contribution in [0.1, 0.15) is 13.3 Å².